The number of aromatic nitrogens is 2. The second-order valence-corrected chi connectivity index (χ2v) is 7.70. The molecule has 0 atom stereocenters. The van der Waals surface area contributed by atoms with Gasteiger partial charge in [0.05, 0.1) is 17.0 Å². The summed E-state index contributed by atoms with van der Waals surface area (Å²) in [5.74, 6) is 0.0899. The number of nitriles is 1. The molecule has 0 aliphatic carbocycles. The Morgan fingerprint density at radius 3 is 2.47 bits per heavy atom. The Hall–Kier alpha value is -0.840. The Morgan fingerprint density at radius 1 is 1.32 bits per heavy atom. The van der Waals surface area contributed by atoms with E-state index in [1.165, 1.54) is 11.8 Å². The van der Waals surface area contributed by atoms with Gasteiger partial charge in [-0.2, -0.15) is 10.4 Å². The van der Waals surface area contributed by atoms with Gasteiger partial charge in [0.1, 0.15) is 11.1 Å². The van der Waals surface area contributed by atoms with Crippen molar-refractivity contribution in [2.24, 2.45) is 0 Å². The van der Waals surface area contributed by atoms with Gasteiger partial charge in [-0.1, -0.05) is 13.8 Å². The van der Waals surface area contributed by atoms with Crippen molar-refractivity contribution >= 4 is 31.5 Å². The van der Waals surface area contributed by atoms with Gasteiger partial charge in [0.2, 0.25) is 9.05 Å². The Morgan fingerprint density at radius 2 is 2.00 bits per heavy atom. The zero-order chi connectivity index (χ0) is 14.5. The molecule has 5 nitrogen and oxygen atoms in total. The summed E-state index contributed by atoms with van der Waals surface area (Å²) in [6.45, 7) is 3.91. The number of aryl methyl sites for hydroxylation is 1. The van der Waals surface area contributed by atoms with E-state index in [1.54, 1.807) is 0 Å². The third-order valence-electron chi connectivity index (χ3n) is 2.49. The lowest BCUT2D eigenvalue weighted by molar-refractivity contribution is 0.611. The average Bonchev–Trinajstić information content (AvgIpc) is 2.36. The highest BCUT2D eigenvalue weighted by Gasteiger charge is 2.15. The van der Waals surface area contributed by atoms with Gasteiger partial charge in [0.25, 0.3) is 0 Å². The molecule has 0 saturated heterocycles. The second-order valence-electron chi connectivity index (χ2n) is 3.72. The first-order valence-corrected chi connectivity index (χ1v) is 9.23. The van der Waals surface area contributed by atoms with Crippen molar-refractivity contribution < 1.29 is 8.42 Å². The number of nitrogens with zero attached hydrogens (tertiary/aromatic N) is 3. The molecule has 1 aromatic heterocycles. The molecule has 0 saturated carbocycles. The van der Waals surface area contributed by atoms with E-state index in [-0.39, 0.29) is 11.5 Å². The predicted octanol–water partition coefficient (Wildman–Crippen LogP) is 2.13. The molecule has 0 spiro atoms. The Labute approximate surface area is 121 Å². The average molecular weight is 320 g/mol. The number of hydrogen-bond donors (Lipinski definition) is 0. The molecule has 0 aromatic carbocycles. The normalized spacial score (nSPS) is 11.3. The molecule has 0 N–H and O–H groups in total. The minimum Gasteiger partial charge on any atom is -0.212 e. The predicted molar refractivity (Wildman–Crippen MR) is 75.9 cm³/mol. The summed E-state index contributed by atoms with van der Waals surface area (Å²) in [7, 11) is 1.62. The molecular weight excluding hydrogens is 306 g/mol. The minimum absolute atomic E-state index is 0.164. The van der Waals surface area contributed by atoms with E-state index < -0.39 is 9.05 Å². The molecule has 0 amide bonds. The molecule has 0 bridgehead atoms. The fraction of sp³-hybridized carbons (Fsp3) is 0.545. The van der Waals surface area contributed by atoms with E-state index >= 15 is 0 Å². The smallest absolute Gasteiger partial charge is 0.212 e. The van der Waals surface area contributed by atoms with Gasteiger partial charge in [0.15, 0.2) is 0 Å². The van der Waals surface area contributed by atoms with Crippen LogP contribution in [0, 0.1) is 11.3 Å². The molecule has 1 rings (SSSR count). The molecule has 0 aliphatic rings. The summed E-state index contributed by atoms with van der Waals surface area (Å²) < 4.78 is 21.7. The van der Waals surface area contributed by atoms with Crippen LogP contribution in [0.3, 0.4) is 0 Å². The van der Waals surface area contributed by atoms with Gasteiger partial charge >= 0.3 is 0 Å². The lowest BCUT2D eigenvalue weighted by atomic mass is 10.1. The van der Waals surface area contributed by atoms with Crippen LogP contribution in [0.25, 0.3) is 0 Å². The van der Waals surface area contributed by atoms with Crippen LogP contribution in [-0.4, -0.2) is 30.1 Å². The molecule has 0 aliphatic heterocycles. The van der Waals surface area contributed by atoms with Crippen molar-refractivity contribution in [3.63, 3.8) is 0 Å². The summed E-state index contributed by atoms with van der Waals surface area (Å²) >= 11 is 1.19. The van der Waals surface area contributed by atoms with Gasteiger partial charge in [-0.3, -0.25) is 0 Å². The molecule has 0 radical (unpaired) electrons. The lowest BCUT2D eigenvalue weighted by Crippen LogP contribution is -2.06. The highest BCUT2D eigenvalue weighted by molar-refractivity contribution is 8.14. The highest BCUT2D eigenvalue weighted by atomic mass is 35.7. The number of hydrogen-bond acceptors (Lipinski definition) is 6. The molecule has 8 heteroatoms. The molecule has 104 valence electrons. The third kappa shape index (κ3) is 4.64. The van der Waals surface area contributed by atoms with Gasteiger partial charge in [-0.15, -0.1) is 16.9 Å². The second kappa shape index (κ2) is 7.08. The Kier molecular flexibility index (Phi) is 6.04. The van der Waals surface area contributed by atoms with Crippen LogP contribution >= 0.6 is 22.4 Å². The van der Waals surface area contributed by atoms with Crippen molar-refractivity contribution in [3.8, 4) is 6.07 Å². The molecule has 0 unspecified atom stereocenters. The van der Waals surface area contributed by atoms with Crippen LogP contribution in [0.15, 0.2) is 5.03 Å². The van der Waals surface area contributed by atoms with E-state index in [0.29, 0.717) is 23.4 Å². The van der Waals surface area contributed by atoms with Crippen molar-refractivity contribution in [3.05, 3.63) is 16.8 Å². The monoisotopic (exact) mass is 319 g/mol. The zero-order valence-electron chi connectivity index (χ0n) is 10.7. The maximum absolute atomic E-state index is 10.9. The van der Waals surface area contributed by atoms with Crippen molar-refractivity contribution in [1.29, 1.82) is 5.26 Å². The highest BCUT2D eigenvalue weighted by Crippen LogP contribution is 2.24. The number of halogens is 1. The van der Waals surface area contributed by atoms with Crippen LogP contribution in [-0.2, 0) is 21.9 Å². The summed E-state index contributed by atoms with van der Waals surface area (Å²) in [4.78, 5) is 0. The van der Waals surface area contributed by atoms with Crippen LogP contribution < -0.4 is 0 Å². The van der Waals surface area contributed by atoms with Crippen LogP contribution in [0.5, 0.6) is 0 Å². The lowest BCUT2D eigenvalue weighted by Gasteiger charge is -2.09. The molecule has 1 aromatic rings. The van der Waals surface area contributed by atoms with Crippen LogP contribution in [0.2, 0.25) is 0 Å². The van der Waals surface area contributed by atoms with Crippen LogP contribution in [0.4, 0.5) is 0 Å². The topological polar surface area (TPSA) is 83.7 Å². The molecule has 19 heavy (non-hydrogen) atoms. The molecule has 1 heterocycles. The molecule has 0 fully saturated rings. The van der Waals surface area contributed by atoms with E-state index in [9.17, 15) is 13.7 Å². The number of rotatable bonds is 6. The summed E-state index contributed by atoms with van der Waals surface area (Å²) in [6.07, 6.45) is 1.41. The first-order valence-electron chi connectivity index (χ1n) is 5.76. The Bertz CT molecular complexity index is 597. The quantitative estimate of drug-likeness (QED) is 0.590. The van der Waals surface area contributed by atoms with Gasteiger partial charge in [0, 0.05) is 16.4 Å². The largest absolute Gasteiger partial charge is 0.233 e. The zero-order valence-corrected chi connectivity index (χ0v) is 13.1. The minimum atomic E-state index is -3.52. The maximum atomic E-state index is 10.9. The Balaban J connectivity index is 2.99. The first-order chi connectivity index (χ1) is 8.92. The van der Waals surface area contributed by atoms with Crippen molar-refractivity contribution in [2.45, 2.75) is 31.7 Å². The van der Waals surface area contributed by atoms with Crippen LogP contribution in [0.1, 0.15) is 30.7 Å². The first kappa shape index (κ1) is 16.2. The van der Waals surface area contributed by atoms with E-state index in [4.69, 9.17) is 10.7 Å². The SMILES string of the molecule is CCc1nnc(SCCS(=O)(=O)Cl)c(C#N)c1CC. The standard InChI is InChI=1S/C11H14ClN3O2S2/c1-3-8-9(7-13)11(15-14-10(8)4-2)18-5-6-19(12,16)17/h3-6H2,1-2H3. The molecular formula is C11H14ClN3O2S2. The summed E-state index contributed by atoms with van der Waals surface area (Å²) in [5, 5.41) is 17.8. The van der Waals surface area contributed by atoms with Crippen molar-refractivity contribution in [2.75, 3.05) is 11.5 Å². The van der Waals surface area contributed by atoms with E-state index in [2.05, 4.69) is 16.3 Å². The van der Waals surface area contributed by atoms with Gasteiger partial charge in [-0.05, 0) is 18.4 Å². The number of thioether (sulfide) groups is 1. The summed E-state index contributed by atoms with van der Waals surface area (Å²) in [6, 6.07) is 2.13. The fourth-order valence-corrected chi connectivity index (χ4v) is 3.91. The van der Waals surface area contributed by atoms with Gasteiger partial charge < -0.3 is 0 Å². The summed E-state index contributed by atoms with van der Waals surface area (Å²) in [5.41, 5.74) is 2.19. The van der Waals surface area contributed by atoms with E-state index in [0.717, 1.165) is 11.3 Å². The van der Waals surface area contributed by atoms with E-state index in [1.807, 2.05) is 13.8 Å². The third-order valence-corrected chi connectivity index (χ3v) is 4.87. The van der Waals surface area contributed by atoms with Crippen molar-refractivity contribution in [1.82, 2.24) is 10.2 Å². The van der Waals surface area contributed by atoms with Gasteiger partial charge in [-0.25, -0.2) is 8.42 Å². The maximum Gasteiger partial charge on any atom is 0.233 e. The fourth-order valence-electron chi connectivity index (χ4n) is 1.61.